The Labute approximate surface area is 74.0 Å². The van der Waals surface area contributed by atoms with Crippen molar-refractivity contribution >= 4 is 17.7 Å². The van der Waals surface area contributed by atoms with Gasteiger partial charge >= 0.3 is 5.97 Å². The Morgan fingerprint density at radius 3 is 2.85 bits per heavy atom. The fraction of sp³-hybridized carbons (Fsp3) is 0.286. The second-order valence-electron chi connectivity index (χ2n) is 2.55. The van der Waals surface area contributed by atoms with Crippen LogP contribution in [0.15, 0.2) is 6.07 Å². The summed E-state index contributed by atoms with van der Waals surface area (Å²) in [6.45, 7) is 1.78. The fourth-order valence-corrected chi connectivity index (χ4v) is 0.806. The van der Waals surface area contributed by atoms with Crippen LogP contribution in [0.2, 0.25) is 0 Å². The maximum atomic E-state index is 10.9. The van der Waals surface area contributed by atoms with Crippen molar-refractivity contribution in [3.05, 3.63) is 11.8 Å². The lowest BCUT2D eigenvalue weighted by Crippen LogP contribution is -2.16. The van der Waals surface area contributed by atoms with Crippen LogP contribution in [0.1, 0.15) is 12.1 Å². The number of aryl methyl sites for hydroxylation is 1. The van der Waals surface area contributed by atoms with Gasteiger partial charge < -0.3 is 10.4 Å². The van der Waals surface area contributed by atoms with Gasteiger partial charge in [0.05, 0.1) is 0 Å². The summed E-state index contributed by atoms with van der Waals surface area (Å²) in [6.07, 6.45) is -0.550. The van der Waals surface area contributed by atoms with Crippen molar-refractivity contribution in [1.29, 1.82) is 0 Å². The number of rotatable bonds is 3. The molecule has 0 bridgehead atoms. The van der Waals surface area contributed by atoms with Crippen molar-refractivity contribution in [2.45, 2.75) is 13.3 Å². The smallest absolute Gasteiger partial charge is 0.312 e. The molecule has 13 heavy (non-hydrogen) atoms. The van der Waals surface area contributed by atoms with Gasteiger partial charge in [-0.2, -0.15) is 5.10 Å². The van der Waals surface area contributed by atoms with Gasteiger partial charge in [0.25, 0.3) is 0 Å². The van der Waals surface area contributed by atoms with Crippen molar-refractivity contribution in [1.82, 2.24) is 10.2 Å². The van der Waals surface area contributed by atoms with Gasteiger partial charge in [0.1, 0.15) is 6.42 Å². The predicted molar refractivity (Wildman–Crippen MR) is 44.2 cm³/mol. The summed E-state index contributed by atoms with van der Waals surface area (Å²) in [6, 6.07) is 1.61. The standard InChI is InChI=1S/C7H9N3O3/c1-4-2-5(10-9-4)8-6(11)3-7(12)13/h2H,3H2,1H3,(H,12,13)(H2,8,9,10,11). The van der Waals surface area contributed by atoms with Gasteiger partial charge in [-0.25, -0.2) is 0 Å². The van der Waals surface area contributed by atoms with Gasteiger partial charge in [-0.1, -0.05) is 0 Å². The van der Waals surface area contributed by atoms with Crippen LogP contribution in [-0.4, -0.2) is 27.2 Å². The molecule has 0 fully saturated rings. The van der Waals surface area contributed by atoms with E-state index in [0.29, 0.717) is 5.82 Å². The number of aromatic amines is 1. The SMILES string of the molecule is Cc1cc(NC(=O)CC(=O)O)n[nH]1. The first-order valence-electron chi connectivity index (χ1n) is 3.61. The molecule has 1 aromatic heterocycles. The summed E-state index contributed by atoms with van der Waals surface area (Å²) in [4.78, 5) is 21.0. The third-order valence-corrected chi connectivity index (χ3v) is 1.29. The number of carbonyl (C=O) groups excluding carboxylic acids is 1. The summed E-state index contributed by atoms with van der Waals surface area (Å²) < 4.78 is 0. The highest BCUT2D eigenvalue weighted by Gasteiger charge is 2.08. The zero-order valence-corrected chi connectivity index (χ0v) is 7.00. The van der Waals surface area contributed by atoms with Crippen molar-refractivity contribution < 1.29 is 14.7 Å². The molecule has 0 aliphatic carbocycles. The molecule has 70 valence electrons. The van der Waals surface area contributed by atoms with Crippen LogP contribution in [0, 0.1) is 6.92 Å². The molecule has 1 aromatic rings. The number of carboxylic acids is 1. The van der Waals surface area contributed by atoms with Gasteiger partial charge in [-0.15, -0.1) is 0 Å². The number of H-pyrrole nitrogens is 1. The second kappa shape index (κ2) is 3.70. The number of anilines is 1. The zero-order valence-electron chi connectivity index (χ0n) is 7.00. The van der Waals surface area contributed by atoms with Crippen molar-refractivity contribution in [2.75, 3.05) is 5.32 Å². The quantitative estimate of drug-likeness (QED) is 0.580. The van der Waals surface area contributed by atoms with Crippen molar-refractivity contribution in [3.63, 3.8) is 0 Å². The first kappa shape index (κ1) is 9.24. The Bertz CT molecular complexity index is 331. The third kappa shape index (κ3) is 2.94. The third-order valence-electron chi connectivity index (χ3n) is 1.29. The van der Waals surface area contributed by atoms with E-state index < -0.39 is 18.3 Å². The van der Waals surface area contributed by atoms with E-state index in [1.165, 1.54) is 0 Å². The second-order valence-corrected chi connectivity index (χ2v) is 2.55. The molecular formula is C7H9N3O3. The zero-order chi connectivity index (χ0) is 9.84. The van der Waals surface area contributed by atoms with Crippen LogP contribution < -0.4 is 5.32 Å². The first-order chi connectivity index (χ1) is 6.08. The summed E-state index contributed by atoms with van der Waals surface area (Å²) >= 11 is 0. The van der Waals surface area contributed by atoms with E-state index in [1.807, 2.05) is 0 Å². The lowest BCUT2D eigenvalue weighted by molar-refractivity contribution is -0.139. The Morgan fingerprint density at radius 2 is 2.38 bits per heavy atom. The van der Waals surface area contributed by atoms with Gasteiger partial charge in [0, 0.05) is 11.8 Å². The average molecular weight is 183 g/mol. The van der Waals surface area contributed by atoms with Gasteiger partial charge in [-0.05, 0) is 6.92 Å². The maximum Gasteiger partial charge on any atom is 0.312 e. The normalized spacial score (nSPS) is 9.62. The van der Waals surface area contributed by atoms with E-state index in [2.05, 4.69) is 15.5 Å². The lowest BCUT2D eigenvalue weighted by atomic mass is 10.4. The highest BCUT2D eigenvalue weighted by Crippen LogP contribution is 2.03. The van der Waals surface area contributed by atoms with E-state index >= 15 is 0 Å². The minimum atomic E-state index is -1.16. The van der Waals surface area contributed by atoms with Crippen LogP contribution in [0.5, 0.6) is 0 Å². The molecule has 6 nitrogen and oxygen atoms in total. The number of aliphatic carboxylic acids is 1. The van der Waals surface area contributed by atoms with Crippen molar-refractivity contribution in [3.8, 4) is 0 Å². The van der Waals surface area contributed by atoms with Crippen LogP contribution >= 0.6 is 0 Å². The van der Waals surface area contributed by atoms with Gasteiger partial charge in [0.2, 0.25) is 5.91 Å². The molecule has 0 aliphatic heterocycles. The predicted octanol–water partition coefficient (Wildman–Crippen LogP) is 0.131. The number of hydrogen-bond acceptors (Lipinski definition) is 3. The molecule has 0 spiro atoms. The molecule has 0 atom stereocenters. The number of carboxylic acid groups (broad SMARTS) is 1. The largest absolute Gasteiger partial charge is 0.481 e. The highest BCUT2D eigenvalue weighted by atomic mass is 16.4. The minimum absolute atomic E-state index is 0.337. The maximum absolute atomic E-state index is 10.9. The van der Waals surface area contributed by atoms with E-state index in [0.717, 1.165) is 5.69 Å². The minimum Gasteiger partial charge on any atom is -0.481 e. The van der Waals surface area contributed by atoms with Crippen LogP contribution in [-0.2, 0) is 9.59 Å². The molecule has 0 radical (unpaired) electrons. The Morgan fingerprint density at radius 1 is 1.69 bits per heavy atom. The van der Waals surface area contributed by atoms with Crippen LogP contribution in [0.4, 0.5) is 5.82 Å². The number of amides is 1. The molecular weight excluding hydrogens is 174 g/mol. The van der Waals surface area contributed by atoms with E-state index in [9.17, 15) is 9.59 Å². The molecule has 1 rings (SSSR count). The summed E-state index contributed by atoms with van der Waals surface area (Å²) in [5.41, 5.74) is 0.797. The molecule has 6 heteroatoms. The van der Waals surface area contributed by atoms with E-state index in [4.69, 9.17) is 5.11 Å². The number of hydrogen-bond donors (Lipinski definition) is 3. The average Bonchev–Trinajstić information content (AvgIpc) is 2.33. The fourth-order valence-electron chi connectivity index (χ4n) is 0.806. The van der Waals surface area contributed by atoms with Gasteiger partial charge in [0.15, 0.2) is 5.82 Å². The Hall–Kier alpha value is -1.85. The molecule has 0 aliphatic rings. The van der Waals surface area contributed by atoms with E-state index in [1.54, 1.807) is 13.0 Å². The molecule has 1 amide bonds. The molecule has 0 saturated carbocycles. The first-order valence-corrected chi connectivity index (χ1v) is 3.61. The number of aromatic nitrogens is 2. The summed E-state index contributed by atoms with van der Waals surface area (Å²) in [7, 11) is 0. The van der Waals surface area contributed by atoms with Crippen LogP contribution in [0.25, 0.3) is 0 Å². The van der Waals surface area contributed by atoms with E-state index in [-0.39, 0.29) is 0 Å². The number of nitrogens with one attached hydrogen (secondary N) is 2. The molecule has 0 saturated heterocycles. The Kier molecular flexibility index (Phi) is 2.63. The number of nitrogens with zero attached hydrogens (tertiary/aromatic N) is 1. The highest BCUT2D eigenvalue weighted by molar-refractivity contribution is 6.00. The molecule has 0 unspecified atom stereocenters. The van der Waals surface area contributed by atoms with Crippen molar-refractivity contribution in [2.24, 2.45) is 0 Å². The van der Waals surface area contributed by atoms with Gasteiger partial charge in [-0.3, -0.25) is 14.7 Å². The summed E-state index contributed by atoms with van der Waals surface area (Å²) in [5, 5.41) is 16.9. The molecule has 0 aromatic carbocycles. The Balaban J connectivity index is 2.50. The molecule has 3 N–H and O–H groups in total. The monoisotopic (exact) mass is 183 g/mol. The van der Waals surface area contributed by atoms with Crippen LogP contribution in [0.3, 0.4) is 0 Å². The molecule has 1 heterocycles. The topological polar surface area (TPSA) is 95.1 Å². The lowest BCUT2D eigenvalue weighted by Gasteiger charge is -1.96. The summed E-state index contributed by atoms with van der Waals surface area (Å²) in [5.74, 6) is -1.41. The number of carbonyl (C=O) groups is 2.